The number of aryl methyl sites for hydroxylation is 1. The van der Waals surface area contributed by atoms with Crippen molar-refractivity contribution >= 4 is 17.7 Å². The summed E-state index contributed by atoms with van der Waals surface area (Å²) in [5.41, 5.74) is 1.68. The van der Waals surface area contributed by atoms with E-state index < -0.39 is 11.8 Å². The molecule has 0 amide bonds. The number of carbonyl (C=O) groups is 1. The monoisotopic (exact) mass is 292 g/mol. The number of nitrogens with zero attached hydrogens (tertiary/aromatic N) is 2. The standard InChI is InChI=1S/C14H13FN2O2S/c1-9-6-16-14(17-7-9)20-8-10-3-4-11(12(15)5-10)13(18)19-2/h3-7H,8H2,1-2H3. The third-order valence-electron chi connectivity index (χ3n) is 2.56. The van der Waals surface area contributed by atoms with Crippen molar-refractivity contribution in [2.45, 2.75) is 17.8 Å². The molecule has 2 aromatic rings. The van der Waals surface area contributed by atoms with Crippen molar-refractivity contribution in [2.24, 2.45) is 0 Å². The number of rotatable bonds is 4. The maximum absolute atomic E-state index is 13.7. The average Bonchev–Trinajstić information content (AvgIpc) is 2.46. The van der Waals surface area contributed by atoms with Crippen LogP contribution in [0.4, 0.5) is 4.39 Å². The van der Waals surface area contributed by atoms with Crippen LogP contribution in [0.2, 0.25) is 0 Å². The van der Waals surface area contributed by atoms with Crippen LogP contribution in [0.3, 0.4) is 0 Å². The van der Waals surface area contributed by atoms with Crippen LogP contribution in [0.5, 0.6) is 0 Å². The van der Waals surface area contributed by atoms with Crippen molar-refractivity contribution in [1.29, 1.82) is 0 Å². The fourth-order valence-corrected chi connectivity index (χ4v) is 2.26. The van der Waals surface area contributed by atoms with Crippen LogP contribution >= 0.6 is 11.8 Å². The van der Waals surface area contributed by atoms with E-state index in [9.17, 15) is 9.18 Å². The van der Waals surface area contributed by atoms with E-state index in [1.165, 1.54) is 31.0 Å². The molecule has 0 aliphatic carbocycles. The Morgan fingerprint density at radius 3 is 2.65 bits per heavy atom. The van der Waals surface area contributed by atoms with Crippen LogP contribution in [-0.2, 0) is 10.5 Å². The molecule has 6 heteroatoms. The Morgan fingerprint density at radius 1 is 1.35 bits per heavy atom. The van der Waals surface area contributed by atoms with Crippen LogP contribution in [0.25, 0.3) is 0 Å². The smallest absolute Gasteiger partial charge is 0.340 e. The Bertz CT molecular complexity index is 617. The molecule has 0 saturated heterocycles. The summed E-state index contributed by atoms with van der Waals surface area (Å²) in [4.78, 5) is 19.6. The Hall–Kier alpha value is -1.95. The summed E-state index contributed by atoms with van der Waals surface area (Å²) < 4.78 is 18.2. The molecule has 20 heavy (non-hydrogen) atoms. The second-order valence-corrected chi connectivity index (χ2v) is 5.08. The van der Waals surface area contributed by atoms with E-state index in [1.807, 2.05) is 6.92 Å². The lowest BCUT2D eigenvalue weighted by molar-refractivity contribution is 0.0595. The van der Waals surface area contributed by atoms with Crippen molar-refractivity contribution in [3.63, 3.8) is 0 Å². The van der Waals surface area contributed by atoms with E-state index in [0.717, 1.165) is 11.1 Å². The third-order valence-corrected chi connectivity index (χ3v) is 3.51. The van der Waals surface area contributed by atoms with Crippen LogP contribution in [0.1, 0.15) is 21.5 Å². The highest BCUT2D eigenvalue weighted by Crippen LogP contribution is 2.20. The molecule has 0 saturated carbocycles. The SMILES string of the molecule is COC(=O)c1ccc(CSc2ncc(C)cn2)cc1F. The Kier molecular flexibility index (Phi) is 4.68. The van der Waals surface area contributed by atoms with Crippen molar-refractivity contribution in [2.75, 3.05) is 7.11 Å². The summed E-state index contributed by atoms with van der Waals surface area (Å²) in [5.74, 6) is -0.732. The van der Waals surface area contributed by atoms with Gasteiger partial charge in [0.1, 0.15) is 5.82 Å². The summed E-state index contributed by atoms with van der Waals surface area (Å²) in [5, 5.41) is 0.632. The number of hydrogen-bond donors (Lipinski definition) is 0. The molecule has 0 fully saturated rings. The van der Waals surface area contributed by atoms with Crippen LogP contribution in [0.15, 0.2) is 35.7 Å². The van der Waals surface area contributed by atoms with E-state index in [4.69, 9.17) is 0 Å². The van der Waals surface area contributed by atoms with Gasteiger partial charge >= 0.3 is 5.97 Å². The van der Waals surface area contributed by atoms with Gasteiger partial charge in [-0.3, -0.25) is 0 Å². The van der Waals surface area contributed by atoms with Crippen molar-refractivity contribution in [3.8, 4) is 0 Å². The molecule has 0 atom stereocenters. The number of esters is 1. The first-order chi connectivity index (χ1) is 9.60. The number of aromatic nitrogens is 2. The first kappa shape index (κ1) is 14.5. The number of benzene rings is 1. The highest BCUT2D eigenvalue weighted by molar-refractivity contribution is 7.98. The van der Waals surface area contributed by atoms with Crippen molar-refractivity contribution in [3.05, 3.63) is 53.1 Å². The predicted octanol–water partition coefficient (Wildman–Crippen LogP) is 3.00. The van der Waals surface area contributed by atoms with Gasteiger partial charge in [0.05, 0.1) is 12.7 Å². The third kappa shape index (κ3) is 3.54. The van der Waals surface area contributed by atoms with Gasteiger partial charge in [-0.05, 0) is 30.2 Å². The van der Waals surface area contributed by atoms with Crippen molar-refractivity contribution < 1.29 is 13.9 Å². The summed E-state index contributed by atoms with van der Waals surface area (Å²) in [6.45, 7) is 1.91. The number of halogens is 1. The predicted molar refractivity (Wildman–Crippen MR) is 74.1 cm³/mol. The molecule has 0 unspecified atom stereocenters. The molecule has 0 bridgehead atoms. The molecular weight excluding hydrogens is 279 g/mol. The summed E-state index contributed by atoms with van der Waals surface area (Å²) in [6, 6.07) is 4.44. The molecule has 4 nitrogen and oxygen atoms in total. The molecule has 0 aliphatic rings. The zero-order valence-electron chi connectivity index (χ0n) is 11.1. The maximum atomic E-state index is 13.7. The Labute approximate surface area is 120 Å². The van der Waals surface area contributed by atoms with Gasteiger partial charge in [0.2, 0.25) is 0 Å². The first-order valence-electron chi connectivity index (χ1n) is 5.88. The van der Waals surface area contributed by atoms with Gasteiger partial charge in [0.25, 0.3) is 0 Å². The summed E-state index contributed by atoms with van der Waals surface area (Å²) >= 11 is 1.41. The van der Waals surface area contributed by atoms with Crippen LogP contribution in [0, 0.1) is 12.7 Å². The molecule has 104 valence electrons. The van der Waals surface area contributed by atoms with Gasteiger partial charge in [0, 0.05) is 18.1 Å². The zero-order chi connectivity index (χ0) is 14.5. The molecule has 0 aliphatic heterocycles. The minimum Gasteiger partial charge on any atom is -0.465 e. The van der Waals surface area contributed by atoms with Crippen LogP contribution < -0.4 is 0 Å². The fourth-order valence-electron chi connectivity index (χ4n) is 1.53. The molecule has 1 aromatic carbocycles. The lowest BCUT2D eigenvalue weighted by atomic mass is 10.1. The molecule has 0 N–H and O–H groups in total. The number of carbonyl (C=O) groups excluding carboxylic acids is 1. The molecular formula is C14H13FN2O2S. The average molecular weight is 292 g/mol. The van der Waals surface area contributed by atoms with E-state index in [-0.39, 0.29) is 5.56 Å². The summed E-state index contributed by atoms with van der Waals surface area (Å²) in [6.07, 6.45) is 3.46. The van der Waals surface area contributed by atoms with Gasteiger partial charge in [-0.15, -0.1) is 0 Å². The normalized spacial score (nSPS) is 10.3. The quantitative estimate of drug-likeness (QED) is 0.492. The number of methoxy groups -OCH3 is 1. The van der Waals surface area contributed by atoms with Gasteiger partial charge < -0.3 is 4.74 Å². The molecule has 0 spiro atoms. The number of hydrogen-bond acceptors (Lipinski definition) is 5. The molecule has 0 radical (unpaired) electrons. The molecule has 1 heterocycles. The number of thioether (sulfide) groups is 1. The minimum absolute atomic E-state index is 0.0622. The topological polar surface area (TPSA) is 52.1 Å². The van der Waals surface area contributed by atoms with Crippen LogP contribution in [-0.4, -0.2) is 23.0 Å². The number of ether oxygens (including phenoxy) is 1. The van der Waals surface area contributed by atoms with E-state index in [2.05, 4.69) is 14.7 Å². The second kappa shape index (κ2) is 6.47. The second-order valence-electron chi connectivity index (χ2n) is 4.14. The maximum Gasteiger partial charge on any atom is 0.340 e. The Morgan fingerprint density at radius 2 is 2.05 bits per heavy atom. The van der Waals surface area contributed by atoms with E-state index >= 15 is 0 Å². The summed E-state index contributed by atoms with van der Waals surface area (Å²) in [7, 11) is 1.22. The lowest BCUT2D eigenvalue weighted by Gasteiger charge is -2.04. The highest BCUT2D eigenvalue weighted by Gasteiger charge is 2.12. The lowest BCUT2D eigenvalue weighted by Crippen LogP contribution is -2.04. The van der Waals surface area contributed by atoms with Gasteiger partial charge in [-0.2, -0.15) is 0 Å². The van der Waals surface area contributed by atoms with Gasteiger partial charge in [-0.1, -0.05) is 17.8 Å². The van der Waals surface area contributed by atoms with E-state index in [0.29, 0.717) is 10.9 Å². The Balaban J connectivity index is 2.05. The van der Waals surface area contributed by atoms with Gasteiger partial charge in [0.15, 0.2) is 5.16 Å². The largest absolute Gasteiger partial charge is 0.465 e. The molecule has 2 rings (SSSR count). The van der Waals surface area contributed by atoms with Crippen molar-refractivity contribution in [1.82, 2.24) is 9.97 Å². The zero-order valence-corrected chi connectivity index (χ0v) is 11.9. The minimum atomic E-state index is -0.677. The fraction of sp³-hybridized carbons (Fsp3) is 0.214. The van der Waals surface area contributed by atoms with Gasteiger partial charge in [-0.25, -0.2) is 19.2 Å². The van der Waals surface area contributed by atoms with E-state index in [1.54, 1.807) is 18.5 Å². The highest BCUT2D eigenvalue weighted by atomic mass is 32.2. The first-order valence-corrected chi connectivity index (χ1v) is 6.87. The molecule has 1 aromatic heterocycles.